The lowest BCUT2D eigenvalue weighted by atomic mass is 9.99. The number of H-pyrrole nitrogens is 1. The van der Waals surface area contributed by atoms with Crippen LogP contribution in [0.25, 0.3) is 27.9 Å². The topological polar surface area (TPSA) is 53.2 Å². The standard InChI is InChI=1S/C25H20F6N4O/c1-14-9-16(11-22(33-14)35-7-8-36-13-21(35)25(29,30)31)18-5-6-32-23-19(18)12-20(34-23)15-3-2-4-17(10-15)24(26,27)28/h2-6,9-12,21,33H,1,7-8,13H2,(H,32,34). The molecule has 1 atom stereocenters. The molecule has 5 nitrogen and oxygen atoms in total. The summed E-state index contributed by atoms with van der Waals surface area (Å²) in [5, 5.41) is 3.53. The minimum absolute atomic E-state index is 0.0408. The number of fused-ring (bicyclic) bond motifs is 1. The van der Waals surface area contributed by atoms with Gasteiger partial charge in [-0.15, -0.1) is 0 Å². The molecule has 1 saturated heterocycles. The van der Waals surface area contributed by atoms with Crippen molar-refractivity contribution in [3.8, 4) is 11.3 Å². The maximum Gasteiger partial charge on any atom is 0.416 e. The lowest BCUT2D eigenvalue weighted by Crippen LogP contribution is -2.54. The second kappa shape index (κ2) is 8.74. The minimum Gasteiger partial charge on any atom is -0.377 e. The molecule has 2 aromatic heterocycles. The molecule has 2 N–H and O–H groups in total. The SMILES string of the molecule is C=C1C=C(c2ccnc3[nH]c(-c4cccc(C(F)(F)F)c4)cc23)C=C(N2CCOCC2C(F)(F)F)N1. The first kappa shape index (κ1) is 24.0. The van der Waals surface area contributed by atoms with Crippen molar-refractivity contribution in [2.24, 2.45) is 0 Å². The highest BCUT2D eigenvalue weighted by Gasteiger charge is 2.46. The Balaban J connectivity index is 1.55. The molecule has 3 aromatic rings. The van der Waals surface area contributed by atoms with Gasteiger partial charge < -0.3 is 19.9 Å². The summed E-state index contributed by atoms with van der Waals surface area (Å²) in [4.78, 5) is 8.54. The number of benzene rings is 1. The van der Waals surface area contributed by atoms with E-state index in [1.54, 1.807) is 30.4 Å². The number of nitrogens with one attached hydrogen (secondary N) is 2. The number of pyridine rings is 1. The van der Waals surface area contributed by atoms with E-state index in [1.807, 2.05) is 0 Å². The molecule has 2 aliphatic heterocycles. The molecule has 5 rings (SSSR count). The van der Waals surface area contributed by atoms with Crippen LogP contribution in [-0.4, -0.2) is 46.8 Å². The number of ether oxygens (including phenoxy) is 1. The molecule has 0 saturated carbocycles. The minimum atomic E-state index is -4.49. The predicted octanol–water partition coefficient (Wildman–Crippen LogP) is 5.85. The van der Waals surface area contributed by atoms with Crippen molar-refractivity contribution in [1.29, 1.82) is 0 Å². The Morgan fingerprint density at radius 2 is 1.86 bits per heavy atom. The van der Waals surface area contributed by atoms with Crippen molar-refractivity contribution in [2.75, 3.05) is 19.8 Å². The molecule has 1 fully saturated rings. The van der Waals surface area contributed by atoms with Crippen molar-refractivity contribution in [3.63, 3.8) is 0 Å². The second-order valence-electron chi connectivity index (χ2n) is 8.49. The molecule has 1 unspecified atom stereocenters. The summed E-state index contributed by atoms with van der Waals surface area (Å²) in [6, 6.07) is 6.49. The molecule has 4 heterocycles. The number of dihydropyridines is 1. The van der Waals surface area contributed by atoms with Gasteiger partial charge in [-0.05, 0) is 53.1 Å². The Morgan fingerprint density at radius 1 is 1.06 bits per heavy atom. The van der Waals surface area contributed by atoms with E-state index in [4.69, 9.17) is 4.74 Å². The summed E-state index contributed by atoms with van der Waals surface area (Å²) >= 11 is 0. The summed E-state index contributed by atoms with van der Waals surface area (Å²) in [5.74, 6) is 0.238. The highest BCUT2D eigenvalue weighted by Crippen LogP contribution is 2.36. The molecule has 0 radical (unpaired) electrons. The average molecular weight is 506 g/mol. The highest BCUT2D eigenvalue weighted by atomic mass is 19.4. The lowest BCUT2D eigenvalue weighted by molar-refractivity contribution is -0.206. The second-order valence-corrected chi connectivity index (χ2v) is 8.49. The van der Waals surface area contributed by atoms with Gasteiger partial charge in [-0.2, -0.15) is 26.3 Å². The third-order valence-corrected chi connectivity index (χ3v) is 6.07. The monoisotopic (exact) mass is 506 g/mol. The molecule has 0 aliphatic carbocycles. The third kappa shape index (κ3) is 4.58. The fraction of sp³-hybridized carbons (Fsp3) is 0.240. The van der Waals surface area contributed by atoms with Crippen LogP contribution in [0.1, 0.15) is 11.1 Å². The van der Waals surface area contributed by atoms with Crippen molar-refractivity contribution in [3.05, 3.63) is 84.0 Å². The Kier molecular flexibility index (Phi) is 5.82. The predicted molar refractivity (Wildman–Crippen MR) is 122 cm³/mol. The number of hydrogen-bond acceptors (Lipinski definition) is 4. The fourth-order valence-corrected chi connectivity index (χ4v) is 4.38. The van der Waals surface area contributed by atoms with Gasteiger partial charge in [-0.25, -0.2) is 4.98 Å². The molecular formula is C25H20F6N4O. The van der Waals surface area contributed by atoms with E-state index in [9.17, 15) is 26.3 Å². The van der Waals surface area contributed by atoms with Gasteiger partial charge in [-0.1, -0.05) is 18.7 Å². The van der Waals surface area contributed by atoms with Crippen LogP contribution in [0, 0.1) is 0 Å². The van der Waals surface area contributed by atoms with E-state index in [1.165, 1.54) is 17.2 Å². The van der Waals surface area contributed by atoms with Crippen molar-refractivity contribution in [1.82, 2.24) is 20.2 Å². The number of aromatic amines is 1. The van der Waals surface area contributed by atoms with Gasteiger partial charge in [0.05, 0.1) is 18.8 Å². The van der Waals surface area contributed by atoms with Crippen molar-refractivity contribution in [2.45, 2.75) is 18.4 Å². The van der Waals surface area contributed by atoms with Crippen LogP contribution < -0.4 is 5.32 Å². The fourth-order valence-electron chi connectivity index (χ4n) is 4.38. The first-order valence-corrected chi connectivity index (χ1v) is 11.0. The van der Waals surface area contributed by atoms with Crippen LogP contribution in [0.3, 0.4) is 0 Å². The maximum absolute atomic E-state index is 13.6. The molecule has 11 heteroatoms. The number of hydrogen-bond donors (Lipinski definition) is 2. The summed E-state index contributed by atoms with van der Waals surface area (Å²) in [7, 11) is 0. The van der Waals surface area contributed by atoms with Crippen LogP contribution in [0.5, 0.6) is 0 Å². The lowest BCUT2D eigenvalue weighted by Gasteiger charge is -2.40. The molecule has 0 spiro atoms. The number of alkyl halides is 6. The van der Waals surface area contributed by atoms with Crippen molar-refractivity contribution >= 4 is 16.6 Å². The Labute approximate surface area is 201 Å². The molecule has 2 aliphatic rings. The zero-order valence-electron chi connectivity index (χ0n) is 18.7. The summed E-state index contributed by atoms with van der Waals surface area (Å²) in [5.41, 5.74) is 2.04. The normalized spacial score (nSPS) is 19.2. The van der Waals surface area contributed by atoms with E-state index in [0.29, 0.717) is 39.1 Å². The molecule has 0 amide bonds. The quantitative estimate of drug-likeness (QED) is 0.438. The molecular weight excluding hydrogens is 486 g/mol. The van der Waals surface area contributed by atoms with E-state index in [0.717, 1.165) is 12.1 Å². The van der Waals surface area contributed by atoms with Crippen LogP contribution in [0.15, 0.2) is 72.8 Å². The van der Waals surface area contributed by atoms with Crippen LogP contribution in [0.2, 0.25) is 0 Å². The smallest absolute Gasteiger partial charge is 0.377 e. The molecule has 1 aromatic carbocycles. The van der Waals surface area contributed by atoms with E-state index < -0.39 is 30.6 Å². The van der Waals surface area contributed by atoms with E-state index in [2.05, 4.69) is 21.9 Å². The molecule has 188 valence electrons. The van der Waals surface area contributed by atoms with Crippen LogP contribution in [0.4, 0.5) is 26.3 Å². The first-order valence-electron chi connectivity index (χ1n) is 11.0. The largest absolute Gasteiger partial charge is 0.416 e. The Morgan fingerprint density at radius 3 is 2.61 bits per heavy atom. The average Bonchev–Trinajstić information content (AvgIpc) is 3.27. The number of aromatic nitrogens is 2. The van der Waals surface area contributed by atoms with Gasteiger partial charge in [0.25, 0.3) is 0 Å². The number of rotatable bonds is 3. The Hall–Kier alpha value is -3.73. The van der Waals surface area contributed by atoms with Gasteiger partial charge >= 0.3 is 12.4 Å². The Bertz CT molecular complexity index is 1390. The summed E-state index contributed by atoms with van der Waals surface area (Å²) in [6.07, 6.45) is -4.16. The number of halogens is 6. The van der Waals surface area contributed by atoms with Gasteiger partial charge in [0.1, 0.15) is 17.5 Å². The summed E-state index contributed by atoms with van der Waals surface area (Å²) in [6.45, 7) is 3.60. The van der Waals surface area contributed by atoms with Gasteiger partial charge in [0.2, 0.25) is 0 Å². The highest BCUT2D eigenvalue weighted by molar-refractivity contribution is 5.96. The zero-order valence-corrected chi connectivity index (χ0v) is 18.7. The number of morpholine rings is 1. The van der Waals surface area contributed by atoms with Gasteiger partial charge in [0, 0.05) is 29.5 Å². The van der Waals surface area contributed by atoms with Gasteiger partial charge in [0.15, 0.2) is 0 Å². The first-order chi connectivity index (χ1) is 17.0. The van der Waals surface area contributed by atoms with Crippen LogP contribution in [-0.2, 0) is 10.9 Å². The van der Waals surface area contributed by atoms with Crippen molar-refractivity contribution < 1.29 is 31.1 Å². The summed E-state index contributed by atoms with van der Waals surface area (Å²) < 4.78 is 85.6. The number of allylic oxidation sites excluding steroid dienone is 3. The molecule has 36 heavy (non-hydrogen) atoms. The number of nitrogens with zero attached hydrogens (tertiary/aromatic N) is 2. The van der Waals surface area contributed by atoms with Gasteiger partial charge in [-0.3, -0.25) is 0 Å². The third-order valence-electron chi connectivity index (χ3n) is 6.07. The molecule has 0 bridgehead atoms. The zero-order chi connectivity index (χ0) is 25.7. The maximum atomic E-state index is 13.6. The van der Waals surface area contributed by atoms with Crippen LogP contribution >= 0.6 is 0 Å². The van der Waals surface area contributed by atoms with E-state index >= 15 is 0 Å². The van der Waals surface area contributed by atoms with E-state index in [-0.39, 0.29) is 19.0 Å².